The number of fused-ring (bicyclic) bond motifs is 1. The molecule has 10 nitrogen and oxygen atoms in total. The number of halogens is 3. The number of carbonyl (C=O) groups excluding carboxylic acids is 1. The molecule has 1 saturated heterocycles. The van der Waals surface area contributed by atoms with Crippen molar-refractivity contribution in [2.45, 2.75) is 55.8 Å². The summed E-state index contributed by atoms with van der Waals surface area (Å²) in [5.41, 5.74) is 8.96. The average Bonchev–Trinajstić information content (AvgIpc) is 3.74. The summed E-state index contributed by atoms with van der Waals surface area (Å²) in [6.45, 7) is 1.82. The van der Waals surface area contributed by atoms with Crippen LogP contribution in [0.15, 0.2) is 71.9 Å². The molecule has 45 heavy (non-hydrogen) atoms. The van der Waals surface area contributed by atoms with Gasteiger partial charge in [-0.05, 0) is 44.7 Å². The summed E-state index contributed by atoms with van der Waals surface area (Å²) in [7, 11) is -3.81. The van der Waals surface area contributed by atoms with Crippen molar-refractivity contribution in [3.8, 4) is 22.4 Å². The van der Waals surface area contributed by atoms with Gasteiger partial charge in [0, 0.05) is 53.5 Å². The minimum Gasteiger partial charge on any atom is -0.384 e. The number of aryl methyl sites for hydroxylation is 1. The second kappa shape index (κ2) is 11.3. The van der Waals surface area contributed by atoms with Crippen molar-refractivity contribution in [1.82, 2.24) is 29.5 Å². The number of hydrogen-bond donors (Lipinski definition) is 2. The molecule has 5 aromatic rings. The molecule has 1 aromatic carbocycles. The van der Waals surface area contributed by atoms with Gasteiger partial charge in [0.2, 0.25) is 0 Å². The number of nitrogens with two attached hydrogens (primary N) is 1. The first-order valence-electron chi connectivity index (χ1n) is 14.3. The van der Waals surface area contributed by atoms with Crippen LogP contribution in [0.4, 0.5) is 19.0 Å². The van der Waals surface area contributed by atoms with Gasteiger partial charge in [0.05, 0.1) is 11.4 Å². The van der Waals surface area contributed by atoms with E-state index < -0.39 is 27.6 Å². The number of nitrogens with zero attached hydrogens (tertiary/aromatic N) is 5. The van der Waals surface area contributed by atoms with Crippen molar-refractivity contribution in [2.24, 2.45) is 0 Å². The summed E-state index contributed by atoms with van der Waals surface area (Å²) in [4.78, 5) is 24.1. The van der Waals surface area contributed by atoms with Gasteiger partial charge in [0.1, 0.15) is 22.1 Å². The van der Waals surface area contributed by atoms with E-state index in [4.69, 9.17) is 10.7 Å². The highest BCUT2D eigenvalue weighted by atomic mass is 32.2. The zero-order valence-corrected chi connectivity index (χ0v) is 25.2. The van der Waals surface area contributed by atoms with E-state index in [1.807, 2.05) is 54.5 Å². The van der Waals surface area contributed by atoms with E-state index in [2.05, 4.69) is 10.1 Å². The number of hydrogen-bond acceptors (Lipinski definition) is 7. The van der Waals surface area contributed by atoms with Crippen LogP contribution in [0.2, 0.25) is 0 Å². The maximum absolute atomic E-state index is 13.3. The maximum atomic E-state index is 13.3. The number of amides is 1. The molecule has 0 radical (unpaired) electrons. The number of benzene rings is 1. The summed E-state index contributed by atoms with van der Waals surface area (Å²) in [5.74, 6) is -0.607. The Labute approximate surface area is 257 Å². The van der Waals surface area contributed by atoms with E-state index in [0.717, 1.165) is 23.1 Å². The molecule has 6 rings (SSSR count). The van der Waals surface area contributed by atoms with E-state index in [-0.39, 0.29) is 40.6 Å². The van der Waals surface area contributed by atoms with Gasteiger partial charge in [-0.1, -0.05) is 36.4 Å². The highest BCUT2D eigenvalue weighted by Crippen LogP contribution is 2.34. The van der Waals surface area contributed by atoms with Crippen molar-refractivity contribution in [3.05, 3.63) is 84.1 Å². The molecule has 0 spiro atoms. The van der Waals surface area contributed by atoms with Crippen molar-refractivity contribution in [3.63, 3.8) is 0 Å². The number of likely N-dealkylation sites (tertiary alicyclic amines) is 1. The molecule has 2 atom stereocenters. The topological polar surface area (TPSA) is 139 Å². The fraction of sp³-hybridized carbons (Fsp3) is 0.290. The predicted octanol–water partition coefficient (Wildman–Crippen LogP) is 5.42. The van der Waals surface area contributed by atoms with Crippen LogP contribution < -0.4 is 5.73 Å². The molecular weight excluding hydrogens is 607 g/mol. The van der Waals surface area contributed by atoms with Crippen molar-refractivity contribution >= 4 is 27.2 Å². The highest BCUT2D eigenvalue weighted by molar-refractivity contribution is 7.91. The van der Waals surface area contributed by atoms with Crippen LogP contribution in [0.5, 0.6) is 0 Å². The molecule has 0 bridgehead atoms. The van der Waals surface area contributed by atoms with Crippen molar-refractivity contribution in [2.75, 3.05) is 12.0 Å². The molecule has 5 heterocycles. The van der Waals surface area contributed by atoms with Gasteiger partial charge in [0.15, 0.2) is 15.5 Å². The lowest BCUT2D eigenvalue weighted by Crippen LogP contribution is -2.40. The Morgan fingerprint density at radius 3 is 2.49 bits per heavy atom. The number of alkyl halides is 3. The summed E-state index contributed by atoms with van der Waals surface area (Å²) in [6, 6.07) is 15.4. The van der Waals surface area contributed by atoms with Crippen LogP contribution in [0.25, 0.3) is 28.0 Å². The number of H-pyrrole nitrogens is 1. The fourth-order valence-electron chi connectivity index (χ4n) is 6.03. The highest BCUT2D eigenvalue weighted by Gasteiger charge is 2.38. The number of carbonyl (C=O) groups is 1. The van der Waals surface area contributed by atoms with E-state index in [9.17, 15) is 26.4 Å². The molecule has 234 valence electrons. The molecule has 0 saturated carbocycles. The van der Waals surface area contributed by atoms with Crippen LogP contribution in [0, 0.1) is 0 Å². The summed E-state index contributed by atoms with van der Waals surface area (Å²) < 4.78 is 66.8. The zero-order valence-electron chi connectivity index (χ0n) is 24.4. The van der Waals surface area contributed by atoms with Gasteiger partial charge in [0.25, 0.3) is 5.91 Å². The molecular formula is C31H30F3N7O3S. The smallest absolute Gasteiger partial charge is 0.384 e. The number of rotatable bonds is 7. The molecule has 1 aliphatic heterocycles. The van der Waals surface area contributed by atoms with Gasteiger partial charge in [-0.15, -0.1) is 0 Å². The van der Waals surface area contributed by atoms with Crippen LogP contribution in [0.3, 0.4) is 0 Å². The third-order valence-corrected chi connectivity index (χ3v) is 9.39. The first kappa shape index (κ1) is 30.3. The molecule has 4 aromatic heterocycles. The van der Waals surface area contributed by atoms with Crippen LogP contribution in [-0.4, -0.2) is 62.1 Å². The van der Waals surface area contributed by atoms with Crippen molar-refractivity contribution in [1.29, 1.82) is 0 Å². The minimum atomic E-state index is -4.66. The lowest BCUT2D eigenvalue weighted by molar-refractivity contribution is -0.141. The Hall–Kier alpha value is -4.72. The van der Waals surface area contributed by atoms with E-state index >= 15 is 0 Å². The molecule has 0 aliphatic carbocycles. The number of nitrogens with one attached hydrogen (secondary N) is 1. The Morgan fingerprint density at radius 2 is 1.84 bits per heavy atom. The molecule has 1 fully saturated rings. The molecule has 1 amide bonds. The average molecular weight is 638 g/mol. The number of nitrogen functional groups attached to an aromatic ring is 1. The first-order chi connectivity index (χ1) is 21.3. The largest absolute Gasteiger partial charge is 0.432 e. The SMILES string of the molecule is C[C@@H]1CC[C@H](CCc2nc3c(-c4ccc(-c5ccccc5)nc4)ccn3c(N)c2S(C)(=O)=O)N1C(=O)c1cc(C(F)(F)F)[nH]n1. The third kappa shape index (κ3) is 5.77. The Morgan fingerprint density at radius 1 is 1.09 bits per heavy atom. The van der Waals surface area contributed by atoms with Gasteiger partial charge < -0.3 is 10.6 Å². The van der Waals surface area contributed by atoms with E-state index in [0.29, 0.717) is 36.5 Å². The molecule has 0 unspecified atom stereocenters. The predicted molar refractivity (Wildman–Crippen MR) is 162 cm³/mol. The quantitative estimate of drug-likeness (QED) is 0.243. The molecule has 14 heteroatoms. The number of aromatic amines is 1. The van der Waals surface area contributed by atoms with E-state index in [1.165, 1.54) is 9.30 Å². The maximum Gasteiger partial charge on any atom is 0.432 e. The van der Waals surface area contributed by atoms with Crippen LogP contribution in [-0.2, 0) is 22.4 Å². The minimum absolute atomic E-state index is 0.0153. The molecule has 1 aliphatic rings. The van der Waals surface area contributed by atoms with Gasteiger partial charge in [-0.2, -0.15) is 18.3 Å². The van der Waals surface area contributed by atoms with Crippen molar-refractivity contribution < 1.29 is 26.4 Å². The summed E-state index contributed by atoms with van der Waals surface area (Å²) >= 11 is 0. The second-order valence-corrected chi connectivity index (χ2v) is 13.2. The standard InChI is InChI=1S/C31H30F3N7O3S/c1-18-8-10-21(41(18)30(42)25-16-26(39-38-25)31(32,33)34)11-13-24-27(45(2,43)44)28(35)40-15-14-22(29(40)37-24)20-9-12-23(36-17-20)19-6-4-3-5-7-19/h3-7,9,12,14-18,21H,8,10-11,13,35H2,1-2H3,(H,38,39)/t18-,21-/m1/s1. The summed E-state index contributed by atoms with van der Waals surface area (Å²) in [6.07, 6.45) is 1.49. The summed E-state index contributed by atoms with van der Waals surface area (Å²) in [5, 5.41) is 5.50. The van der Waals surface area contributed by atoms with Crippen LogP contribution >= 0.6 is 0 Å². The zero-order chi connectivity index (χ0) is 32.1. The number of anilines is 1. The Balaban J connectivity index is 1.32. The number of aromatic nitrogens is 5. The molecule has 3 N–H and O–H groups in total. The number of pyridine rings is 1. The second-order valence-electron chi connectivity index (χ2n) is 11.3. The lowest BCUT2D eigenvalue weighted by Gasteiger charge is -2.28. The normalized spacial score (nSPS) is 17.3. The third-order valence-electron chi connectivity index (χ3n) is 8.21. The Bertz CT molecular complexity index is 1990. The fourth-order valence-corrected chi connectivity index (χ4v) is 7.09. The van der Waals surface area contributed by atoms with Gasteiger partial charge in [-0.3, -0.25) is 19.3 Å². The van der Waals surface area contributed by atoms with Gasteiger partial charge in [-0.25, -0.2) is 13.4 Å². The van der Waals surface area contributed by atoms with Gasteiger partial charge >= 0.3 is 6.18 Å². The number of sulfone groups is 1. The monoisotopic (exact) mass is 637 g/mol. The Kier molecular flexibility index (Phi) is 7.63. The van der Waals surface area contributed by atoms with Crippen LogP contribution in [0.1, 0.15) is 48.1 Å². The van der Waals surface area contributed by atoms with E-state index in [1.54, 1.807) is 18.5 Å². The lowest BCUT2D eigenvalue weighted by atomic mass is 10.1. The first-order valence-corrected chi connectivity index (χ1v) is 16.2.